The molecule has 0 aliphatic heterocycles. The number of carbonyl (C=O) groups is 1. The van der Waals surface area contributed by atoms with Gasteiger partial charge in [-0.25, -0.2) is 0 Å². The van der Waals surface area contributed by atoms with Gasteiger partial charge in [0.25, 0.3) is 0 Å². The second-order valence-electron chi connectivity index (χ2n) is 5.86. The van der Waals surface area contributed by atoms with Crippen LogP contribution in [0.4, 0.5) is 0 Å². The maximum absolute atomic E-state index is 11.4. The lowest BCUT2D eigenvalue weighted by molar-refractivity contribution is -0.140. The molecule has 1 aromatic rings. The third-order valence-corrected chi connectivity index (χ3v) is 4.34. The molecule has 0 amide bonds. The normalized spacial score (nSPS) is 17.5. The second kappa shape index (κ2) is 4.01. The van der Waals surface area contributed by atoms with Crippen LogP contribution in [-0.4, -0.2) is 16.2 Å². The average molecular weight is 248 g/mol. The highest BCUT2D eigenvalue weighted by atomic mass is 16.4. The molecule has 1 fully saturated rings. The van der Waals surface area contributed by atoms with E-state index < -0.39 is 11.4 Å². The highest BCUT2D eigenvalue weighted by Gasteiger charge is 2.53. The maximum atomic E-state index is 11.4. The Morgan fingerprint density at radius 3 is 2.44 bits per heavy atom. The molecule has 1 aromatic carbocycles. The molecule has 0 radical (unpaired) electrons. The third-order valence-electron chi connectivity index (χ3n) is 4.34. The van der Waals surface area contributed by atoms with Gasteiger partial charge < -0.3 is 10.2 Å². The van der Waals surface area contributed by atoms with Gasteiger partial charge in [-0.2, -0.15) is 0 Å². The van der Waals surface area contributed by atoms with Gasteiger partial charge in [-0.15, -0.1) is 0 Å². The standard InChI is InChI=1S/C15H20O3/c1-4-14(2,3)10-5-6-12(16)11(9-10)15(7-8-15)13(17)18/h5-6,9,16H,4,7-8H2,1-3H3,(H,17,18). The van der Waals surface area contributed by atoms with Gasteiger partial charge in [-0.3, -0.25) is 4.79 Å². The summed E-state index contributed by atoms with van der Waals surface area (Å²) in [6.45, 7) is 6.36. The minimum absolute atomic E-state index is 0.00294. The summed E-state index contributed by atoms with van der Waals surface area (Å²) in [5.41, 5.74) is 0.820. The zero-order chi connectivity index (χ0) is 13.6. The molecule has 3 heteroatoms. The predicted molar refractivity (Wildman–Crippen MR) is 70.0 cm³/mol. The summed E-state index contributed by atoms with van der Waals surface area (Å²) < 4.78 is 0. The van der Waals surface area contributed by atoms with Gasteiger partial charge in [0.2, 0.25) is 0 Å². The Morgan fingerprint density at radius 2 is 2.00 bits per heavy atom. The fourth-order valence-electron chi connectivity index (χ4n) is 2.27. The number of hydrogen-bond acceptors (Lipinski definition) is 2. The predicted octanol–water partition coefficient (Wildman–Crippen LogP) is 3.20. The van der Waals surface area contributed by atoms with Gasteiger partial charge in [0.15, 0.2) is 0 Å². The van der Waals surface area contributed by atoms with Crippen LogP contribution in [0.3, 0.4) is 0 Å². The van der Waals surface area contributed by atoms with E-state index in [2.05, 4.69) is 20.8 Å². The van der Waals surface area contributed by atoms with E-state index in [0.29, 0.717) is 18.4 Å². The molecule has 0 unspecified atom stereocenters. The van der Waals surface area contributed by atoms with E-state index in [4.69, 9.17) is 0 Å². The third kappa shape index (κ3) is 1.88. The van der Waals surface area contributed by atoms with Crippen LogP contribution in [-0.2, 0) is 15.6 Å². The number of hydrogen-bond donors (Lipinski definition) is 2. The molecule has 18 heavy (non-hydrogen) atoms. The molecule has 1 aliphatic rings. The van der Waals surface area contributed by atoms with Crippen LogP contribution in [0.1, 0.15) is 51.2 Å². The summed E-state index contributed by atoms with van der Waals surface area (Å²) in [6, 6.07) is 5.39. The van der Waals surface area contributed by atoms with Gasteiger partial charge in [-0.05, 0) is 36.3 Å². The fourth-order valence-corrected chi connectivity index (χ4v) is 2.27. The first kappa shape index (κ1) is 12.9. The smallest absolute Gasteiger partial charge is 0.314 e. The van der Waals surface area contributed by atoms with Crippen molar-refractivity contribution in [3.63, 3.8) is 0 Å². The summed E-state index contributed by atoms with van der Waals surface area (Å²) in [5.74, 6) is -0.727. The minimum Gasteiger partial charge on any atom is -0.508 e. The molecule has 1 saturated carbocycles. The molecule has 0 bridgehead atoms. The topological polar surface area (TPSA) is 57.5 Å². The van der Waals surface area contributed by atoms with Crippen molar-refractivity contribution in [2.75, 3.05) is 0 Å². The Hall–Kier alpha value is -1.51. The van der Waals surface area contributed by atoms with Gasteiger partial charge in [0, 0.05) is 5.56 Å². The first-order chi connectivity index (χ1) is 8.33. The molecule has 0 aromatic heterocycles. The van der Waals surface area contributed by atoms with Crippen molar-refractivity contribution in [1.29, 1.82) is 0 Å². The molecule has 0 heterocycles. The van der Waals surface area contributed by atoms with Crippen LogP contribution in [0.2, 0.25) is 0 Å². The van der Waals surface area contributed by atoms with Crippen LogP contribution in [0, 0.1) is 0 Å². The van der Waals surface area contributed by atoms with E-state index in [1.165, 1.54) is 0 Å². The summed E-state index contributed by atoms with van der Waals surface area (Å²) >= 11 is 0. The van der Waals surface area contributed by atoms with E-state index in [9.17, 15) is 15.0 Å². The molecule has 2 N–H and O–H groups in total. The van der Waals surface area contributed by atoms with Crippen LogP contribution in [0.15, 0.2) is 18.2 Å². The molecule has 1 aliphatic carbocycles. The molecule has 2 rings (SSSR count). The molecular formula is C15H20O3. The molecule has 98 valence electrons. The summed E-state index contributed by atoms with van der Waals surface area (Å²) in [5, 5.41) is 19.3. The van der Waals surface area contributed by atoms with Gasteiger partial charge in [-0.1, -0.05) is 32.9 Å². The van der Waals surface area contributed by atoms with Crippen molar-refractivity contribution in [2.45, 2.75) is 50.9 Å². The lowest BCUT2D eigenvalue weighted by atomic mass is 9.80. The second-order valence-corrected chi connectivity index (χ2v) is 5.86. The van der Waals surface area contributed by atoms with Crippen LogP contribution in [0.25, 0.3) is 0 Å². The SMILES string of the molecule is CCC(C)(C)c1ccc(O)c(C2(C(=O)O)CC2)c1. The zero-order valence-electron chi connectivity index (χ0n) is 11.2. The number of aliphatic carboxylic acids is 1. The van der Waals surface area contributed by atoms with Crippen molar-refractivity contribution in [2.24, 2.45) is 0 Å². The Kier molecular flexibility index (Phi) is 2.88. The van der Waals surface area contributed by atoms with E-state index >= 15 is 0 Å². The lowest BCUT2D eigenvalue weighted by Gasteiger charge is -2.25. The van der Waals surface area contributed by atoms with Gasteiger partial charge in [0.05, 0.1) is 5.41 Å². The van der Waals surface area contributed by atoms with Crippen LogP contribution >= 0.6 is 0 Å². The molecule has 3 nitrogen and oxygen atoms in total. The molecule has 0 atom stereocenters. The quantitative estimate of drug-likeness (QED) is 0.860. The van der Waals surface area contributed by atoms with Gasteiger partial charge >= 0.3 is 5.97 Å². The number of benzene rings is 1. The van der Waals surface area contributed by atoms with Gasteiger partial charge in [0.1, 0.15) is 5.75 Å². The Balaban J connectivity index is 2.50. The van der Waals surface area contributed by atoms with Crippen molar-refractivity contribution in [3.8, 4) is 5.75 Å². The fraction of sp³-hybridized carbons (Fsp3) is 0.533. The molecule has 0 saturated heterocycles. The average Bonchev–Trinajstić information content (AvgIpc) is 3.10. The number of phenols is 1. The summed E-state index contributed by atoms with van der Waals surface area (Å²) in [4.78, 5) is 11.4. The summed E-state index contributed by atoms with van der Waals surface area (Å²) in [7, 11) is 0. The Morgan fingerprint density at radius 1 is 1.39 bits per heavy atom. The molecular weight excluding hydrogens is 228 g/mol. The maximum Gasteiger partial charge on any atom is 0.314 e. The van der Waals surface area contributed by atoms with Crippen molar-refractivity contribution >= 4 is 5.97 Å². The minimum atomic E-state index is -0.843. The number of rotatable bonds is 4. The van der Waals surface area contributed by atoms with E-state index in [0.717, 1.165) is 12.0 Å². The van der Waals surface area contributed by atoms with E-state index in [1.54, 1.807) is 6.07 Å². The monoisotopic (exact) mass is 248 g/mol. The lowest BCUT2D eigenvalue weighted by Crippen LogP contribution is -2.22. The van der Waals surface area contributed by atoms with E-state index in [-0.39, 0.29) is 11.2 Å². The first-order valence-corrected chi connectivity index (χ1v) is 6.41. The number of carboxylic acids is 1. The van der Waals surface area contributed by atoms with Crippen molar-refractivity contribution in [3.05, 3.63) is 29.3 Å². The highest BCUT2D eigenvalue weighted by Crippen LogP contribution is 2.52. The zero-order valence-corrected chi connectivity index (χ0v) is 11.2. The Labute approximate surface area is 107 Å². The highest BCUT2D eigenvalue weighted by molar-refractivity contribution is 5.86. The van der Waals surface area contributed by atoms with Crippen LogP contribution < -0.4 is 0 Å². The number of aromatic hydroxyl groups is 1. The number of carboxylic acid groups (broad SMARTS) is 1. The molecule has 0 spiro atoms. The van der Waals surface area contributed by atoms with Crippen molar-refractivity contribution in [1.82, 2.24) is 0 Å². The largest absolute Gasteiger partial charge is 0.508 e. The summed E-state index contributed by atoms with van der Waals surface area (Å²) in [6.07, 6.45) is 2.20. The van der Waals surface area contributed by atoms with Crippen molar-refractivity contribution < 1.29 is 15.0 Å². The first-order valence-electron chi connectivity index (χ1n) is 6.41. The Bertz CT molecular complexity index is 485. The number of phenolic OH excluding ortho intramolecular Hbond substituents is 1. The van der Waals surface area contributed by atoms with Crippen LogP contribution in [0.5, 0.6) is 5.75 Å². The van der Waals surface area contributed by atoms with E-state index in [1.807, 2.05) is 12.1 Å².